The van der Waals surface area contributed by atoms with Gasteiger partial charge in [0.2, 0.25) is 0 Å². The van der Waals surface area contributed by atoms with Gasteiger partial charge in [-0.15, -0.1) is 0 Å². The number of carboxylic acid groups (broad SMARTS) is 2. The second kappa shape index (κ2) is 33.1. The monoisotopic (exact) mass is 685 g/mol. The molecule has 4 heteroatoms. The van der Waals surface area contributed by atoms with Crippen molar-refractivity contribution in [2.75, 3.05) is 0 Å². The summed E-state index contributed by atoms with van der Waals surface area (Å²) >= 11 is 0. The van der Waals surface area contributed by atoms with Crippen LogP contribution in [0.5, 0.6) is 0 Å². The summed E-state index contributed by atoms with van der Waals surface area (Å²) in [5.41, 5.74) is -2.17. The summed E-state index contributed by atoms with van der Waals surface area (Å²) in [6.07, 6.45) is 46.4. The number of unbranched alkanes of at least 4 members (excludes halogenated alkanes) is 20. The van der Waals surface area contributed by atoms with Gasteiger partial charge in [-0.05, 0) is 77.0 Å². The summed E-state index contributed by atoms with van der Waals surface area (Å²) in [4.78, 5) is 26.4. The molecule has 0 saturated heterocycles. The molecule has 0 radical (unpaired) electrons. The number of aliphatic carboxylic acids is 2. The number of rotatable bonds is 36. The molecule has 0 amide bonds. The van der Waals surface area contributed by atoms with Crippen molar-refractivity contribution in [1.82, 2.24) is 0 Å². The molecular weight excluding hydrogens is 604 g/mol. The number of carbonyl (C=O) groups is 2. The largest absolute Gasteiger partial charge is 0.481 e. The minimum Gasteiger partial charge on any atom is -0.481 e. The minimum atomic E-state index is -1.22. The Bertz CT molecular complexity index is 844. The van der Waals surface area contributed by atoms with E-state index < -0.39 is 22.8 Å². The lowest BCUT2D eigenvalue weighted by Crippen LogP contribution is -2.48. The van der Waals surface area contributed by atoms with Crippen LogP contribution in [0, 0.1) is 10.8 Å². The van der Waals surface area contributed by atoms with Gasteiger partial charge < -0.3 is 10.2 Å². The Morgan fingerprint density at radius 3 is 0.959 bits per heavy atom. The second-order valence-electron chi connectivity index (χ2n) is 14.8. The highest BCUT2D eigenvalue weighted by molar-refractivity contribution is 5.78. The van der Waals surface area contributed by atoms with E-state index >= 15 is 0 Å². The van der Waals surface area contributed by atoms with Gasteiger partial charge in [-0.25, -0.2) is 0 Å². The normalized spacial score (nSPS) is 12.8. The van der Waals surface area contributed by atoms with E-state index in [9.17, 15) is 19.8 Å². The third kappa shape index (κ3) is 23.1. The quantitative estimate of drug-likeness (QED) is 0.0509. The van der Waals surface area contributed by atoms with Gasteiger partial charge in [0.05, 0.1) is 11.8 Å². The molecular formula is C45H80O4. The Morgan fingerprint density at radius 1 is 0.408 bits per heavy atom. The van der Waals surface area contributed by atoms with Crippen LogP contribution in [0.15, 0.2) is 48.6 Å². The topological polar surface area (TPSA) is 74.6 Å². The molecule has 0 atom stereocenters. The molecule has 0 aromatic heterocycles. The predicted molar refractivity (Wildman–Crippen MR) is 213 cm³/mol. The maximum Gasteiger partial charge on any atom is 0.310 e. The van der Waals surface area contributed by atoms with Gasteiger partial charge in [0, 0.05) is 5.41 Å². The van der Waals surface area contributed by atoms with E-state index in [1.54, 1.807) is 0 Å². The van der Waals surface area contributed by atoms with Crippen LogP contribution in [-0.2, 0) is 9.59 Å². The van der Waals surface area contributed by atoms with Crippen molar-refractivity contribution >= 4 is 11.9 Å². The lowest BCUT2D eigenvalue weighted by atomic mass is 9.55. The van der Waals surface area contributed by atoms with Gasteiger partial charge in [-0.3, -0.25) is 9.59 Å². The molecule has 0 unspecified atom stereocenters. The van der Waals surface area contributed by atoms with Gasteiger partial charge in [0.15, 0.2) is 0 Å². The highest BCUT2D eigenvalue weighted by Crippen LogP contribution is 2.54. The molecule has 0 saturated carbocycles. The van der Waals surface area contributed by atoms with Crippen LogP contribution in [0.25, 0.3) is 0 Å². The van der Waals surface area contributed by atoms with Crippen molar-refractivity contribution in [1.29, 1.82) is 0 Å². The van der Waals surface area contributed by atoms with Crippen LogP contribution in [0.3, 0.4) is 0 Å². The predicted octanol–water partition coefficient (Wildman–Crippen LogP) is 14.7. The molecule has 0 spiro atoms. The zero-order chi connectivity index (χ0) is 36.3. The summed E-state index contributed by atoms with van der Waals surface area (Å²) in [7, 11) is 0. The Kier molecular flexibility index (Phi) is 31.6. The van der Waals surface area contributed by atoms with Crippen LogP contribution >= 0.6 is 0 Å². The van der Waals surface area contributed by atoms with Crippen molar-refractivity contribution < 1.29 is 19.8 Å². The van der Waals surface area contributed by atoms with Gasteiger partial charge in [0.25, 0.3) is 0 Å². The highest BCUT2D eigenvalue weighted by atomic mass is 16.4. The molecule has 2 N–H and O–H groups in total. The first-order chi connectivity index (χ1) is 23.9. The van der Waals surface area contributed by atoms with E-state index in [-0.39, 0.29) is 6.42 Å². The first-order valence-electron chi connectivity index (χ1n) is 20.9. The molecule has 49 heavy (non-hydrogen) atoms. The minimum absolute atomic E-state index is 0.156. The maximum atomic E-state index is 13.7. The molecule has 0 aromatic rings. The number of allylic oxidation sites excluding steroid dienone is 8. The molecule has 0 aliphatic carbocycles. The van der Waals surface area contributed by atoms with Crippen molar-refractivity contribution in [2.24, 2.45) is 10.8 Å². The summed E-state index contributed by atoms with van der Waals surface area (Å²) in [5, 5.41) is 21.6. The van der Waals surface area contributed by atoms with Gasteiger partial charge in [-0.1, -0.05) is 179 Å². The fourth-order valence-electron chi connectivity index (χ4n) is 7.12. The molecule has 4 nitrogen and oxygen atoms in total. The number of hydrogen-bond acceptors (Lipinski definition) is 2. The Balaban J connectivity index is 6.43. The number of hydrogen-bond donors (Lipinski definition) is 2. The van der Waals surface area contributed by atoms with Gasteiger partial charge >= 0.3 is 11.9 Å². The van der Waals surface area contributed by atoms with Crippen molar-refractivity contribution in [3.8, 4) is 0 Å². The Morgan fingerprint density at radius 2 is 0.694 bits per heavy atom. The fourth-order valence-corrected chi connectivity index (χ4v) is 7.12. The van der Waals surface area contributed by atoms with Gasteiger partial charge in [0.1, 0.15) is 0 Å². The fraction of sp³-hybridized carbons (Fsp3) is 0.778. The third-order valence-corrected chi connectivity index (χ3v) is 10.4. The third-order valence-electron chi connectivity index (χ3n) is 10.4. The lowest BCUT2D eigenvalue weighted by Gasteiger charge is -2.46. The summed E-state index contributed by atoms with van der Waals surface area (Å²) in [6, 6.07) is 0. The van der Waals surface area contributed by atoms with Crippen LogP contribution in [0.2, 0.25) is 0 Å². The molecule has 0 rings (SSSR count). The first-order valence-corrected chi connectivity index (χ1v) is 20.9. The van der Waals surface area contributed by atoms with Crippen LogP contribution in [0.4, 0.5) is 0 Å². The van der Waals surface area contributed by atoms with E-state index in [4.69, 9.17) is 0 Å². The van der Waals surface area contributed by atoms with Crippen molar-refractivity contribution in [3.05, 3.63) is 48.6 Å². The van der Waals surface area contributed by atoms with Crippen LogP contribution < -0.4 is 0 Å². The molecule has 0 fully saturated rings. The van der Waals surface area contributed by atoms with Crippen molar-refractivity contribution in [2.45, 2.75) is 214 Å². The standard InChI is InChI=1S/C45H80O4/c1-5-9-13-17-21-25-29-33-37-44(41-42(46)47,38-34-30-26-22-18-14-10-6-2)45(43(48)49,39-35-31-27-23-19-15-11-7-3)40-36-32-28-24-20-16-12-8-4/h29-36H,5-28,37-41H2,1-4H3,(H,46,47)(H,48,49)/b33-29+,34-30+,35-31+,36-32+. The van der Waals surface area contributed by atoms with E-state index in [0.717, 1.165) is 51.4 Å². The smallest absolute Gasteiger partial charge is 0.310 e. The zero-order valence-electron chi connectivity index (χ0n) is 32.8. The molecule has 0 aliphatic rings. The van der Waals surface area contributed by atoms with E-state index in [2.05, 4.69) is 76.3 Å². The summed E-state index contributed by atoms with van der Waals surface area (Å²) < 4.78 is 0. The van der Waals surface area contributed by atoms with E-state index in [0.29, 0.717) is 25.7 Å². The molecule has 0 aromatic carbocycles. The van der Waals surface area contributed by atoms with E-state index in [1.807, 2.05) is 0 Å². The van der Waals surface area contributed by atoms with Crippen molar-refractivity contribution in [3.63, 3.8) is 0 Å². The molecule has 284 valence electrons. The molecule has 0 aliphatic heterocycles. The average molecular weight is 685 g/mol. The highest BCUT2D eigenvalue weighted by Gasteiger charge is 2.55. The Labute approximate surface area is 304 Å². The van der Waals surface area contributed by atoms with E-state index in [1.165, 1.54) is 103 Å². The lowest BCUT2D eigenvalue weighted by molar-refractivity contribution is -0.162. The molecule has 0 bridgehead atoms. The molecule has 0 heterocycles. The van der Waals surface area contributed by atoms with Crippen LogP contribution in [-0.4, -0.2) is 22.2 Å². The Hall–Kier alpha value is -2.10. The number of carboxylic acids is 2. The summed E-state index contributed by atoms with van der Waals surface area (Å²) in [6.45, 7) is 8.90. The SMILES string of the molecule is CCCCCCC/C=C/CC(C/C=C/CCCCCCC)(CC(=O)O)C(C/C=C/CCCCCCC)(C/C=C/CCCCCCC)C(=O)O. The van der Waals surface area contributed by atoms with Crippen LogP contribution in [0.1, 0.15) is 214 Å². The van der Waals surface area contributed by atoms with Gasteiger partial charge in [-0.2, -0.15) is 0 Å². The average Bonchev–Trinajstić information content (AvgIpc) is 3.08. The second-order valence-corrected chi connectivity index (χ2v) is 14.8. The first kappa shape index (κ1) is 46.9. The summed E-state index contributed by atoms with van der Waals surface area (Å²) in [5.74, 6) is -1.78. The zero-order valence-corrected chi connectivity index (χ0v) is 32.8. The maximum absolute atomic E-state index is 13.7.